The van der Waals surface area contributed by atoms with Crippen LogP contribution in [-0.2, 0) is 31.5 Å². The number of carbonyl (C=O) groups excluding carboxylic acids is 4. The molecule has 0 aliphatic carbocycles. The van der Waals surface area contributed by atoms with E-state index in [2.05, 4.69) is 0 Å². The zero-order chi connectivity index (χ0) is 45.2. The molecule has 0 N–H and O–H groups in total. The first-order valence-electron chi connectivity index (χ1n) is 21.8. The minimum absolute atomic E-state index is 0.0347. The van der Waals surface area contributed by atoms with Crippen LogP contribution >= 0.6 is 0 Å². The first-order valence-corrected chi connectivity index (χ1v) is 26.4. The van der Waals surface area contributed by atoms with E-state index in [9.17, 15) is 19.2 Å². The van der Waals surface area contributed by atoms with E-state index in [-0.39, 0.29) is 71.0 Å². The SMILES string of the molecule is CC(C)C(C(=O)[O][Sn]([O]C(=O)C(=C(C(C)C)C(C)C)C(C)C)([O]C(=O)C(=C(C(C)C)C(C)C)C(C)C)[O]C(=O)C(=C(C(C)C)C(C)C)C(C)C)=C(C(C)C)C(C)C. The summed E-state index contributed by atoms with van der Waals surface area (Å²) in [6.45, 7) is 47.4. The Morgan fingerprint density at radius 1 is 0.246 bits per heavy atom. The van der Waals surface area contributed by atoms with Crippen LogP contribution in [0.1, 0.15) is 166 Å². The van der Waals surface area contributed by atoms with Crippen molar-refractivity contribution < 1.29 is 31.5 Å². The summed E-state index contributed by atoms with van der Waals surface area (Å²) in [5.41, 5.74) is 4.95. The summed E-state index contributed by atoms with van der Waals surface area (Å²) >= 11 is -6.63. The monoisotopic (exact) mass is 909 g/mol. The number of hydrogen-bond acceptors (Lipinski definition) is 8. The molecule has 0 saturated carbocycles. The molecule has 0 spiro atoms. The average Bonchev–Trinajstić information content (AvgIpc) is 3.00. The van der Waals surface area contributed by atoms with E-state index in [0.717, 1.165) is 22.3 Å². The Hall–Kier alpha value is -2.36. The predicted molar refractivity (Wildman–Crippen MR) is 236 cm³/mol. The molecule has 0 fully saturated rings. The van der Waals surface area contributed by atoms with Gasteiger partial charge in [0.15, 0.2) is 0 Å². The molecular weight excluding hydrogens is 823 g/mol. The molecule has 0 heterocycles. The normalized spacial score (nSPS) is 12.3. The molecule has 0 unspecified atom stereocenters. The van der Waals surface area contributed by atoms with Crippen molar-refractivity contribution in [2.45, 2.75) is 166 Å². The van der Waals surface area contributed by atoms with Crippen molar-refractivity contribution in [3.8, 4) is 0 Å². The fourth-order valence-corrected chi connectivity index (χ4v) is 13.3. The van der Waals surface area contributed by atoms with Crippen LogP contribution < -0.4 is 0 Å². The van der Waals surface area contributed by atoms with Crippen molar-refractivity contribution in [2.75, 3.05) is 0 Å². The molecule has 0 aliphatic heterocycles. The van der Waals surface area contributed by atoms with Gasteiger partial charge < -0.3 is 0 Å². The van der Waals surface area contributed by atoms with E-state index in [1.54, 1.807) is 0 Å². The standard InChI is InChI=1S/4C12H22O2.Sn/c4*1-7(2)10(8(3)4)11(9(5)6)12(13)14;/h4*7-9H,1-6H3,(H,13,14);/q;;;;+4/p-4. The van der Waals surface area contributed by atoms with Gasteiger partial charge in [-0.15, -0.1) is 0 Å². The fourth-order valence-electron chi connectivity index (χ4n) is 8.70. The number of allylic oxidation sites excluding steroid dienone is 4. The second-order valence-corrected chi connectivity index (χ2v) is 24.6. The zero-order valence-electron chi connectivity index (χ0n) is 40.7. The molecule has 0 atom stereocenters. The van der Waals surface area contributed by atoms with Gasteiger partial charge in [-0.1, -0.05) is 0 Å². The van der Waals surface area contributed by atoms with E-state index in [4.69, 9.17) is 12.3 Å². The Morgan fingerprint density at radius 3 is 0.456 bits per heavy atom. The van der Waals surface area contributed by atoms with Crippen LogP contribution in [0.25, 0.3) is 0 Å². The Morgan fingerprint density at radius 2 is 0.368 bits per heavy atom. The number of rotatable bonds is 20. The quantitative estimate of drug-likeness (QED) is 0.0878. The molecule has 0 aromatic rings. The van der Waals surface area contributed by atoms with Crippen LogP contribution in [0, 0.1) is 71.0 Å². The van der Waals surface area contributed by atoms with Gasteiger partial charge in [0, 0.05) is 0 Å². The predicted octanol–water partition coefficient (Wildman–Crippen LogP) is 12.7. The summed E-state index contributed by atoms with van der Waals surface area (Å²) in [4.78, 5) is 59.7. The molecule has 0 rings (SSSR count). The molecule has 0 aliphatic rings. The van der Waals surface area contributed by atoms with Crippen molar-refractivity contribution in [1.29, 1.82) is 0 Å². The van der Waals surface area contributed by atoms with E-state index in [1.807, 2.05) is 166 Å². The molecule has 0 saturated heterocycles. The molecular formula is C48H84O8Sn. The molecule has 0 amide bonds. The van der Waals surface area contributed by atoms with Crippen molar-refractivity contribution in [2.24, 2.45) is 71.0 Å². The fraction of sp³-hybridized carbons (Fsp3) is 0.750. The summed E-state index contributed by atoms with van der Waals surface area (Å²) in [6.07, 6.45) is 0. The van der Waals surface area contributed by atoms with Crippen molar-refractivity contribution in [3.63, 3.8) is 0 Å². The third kappa shape index (κ3) is 15.0. The summed E-state index contributed by atoms with van der Waals surface area (Å²) < 4.78 is 25.9. The van der Waals surface area contributed by atoms with Crippen molar-refractivity contribution >= 4 is 43.9 Å². The van der Waals surface area contributed by atoms with Crippen molar-refractivity contribution in [3.05, 3.63) is 44.6 Å². The van der Waals surface area contributed by atoms with E-state index in [1.165, 1.54) is 0 Å². The Bertz CT molecular complexity index is 1250. The number of carbonyl (C=O) groups is 4. The van der Waals surface area contributed by atoms with Gasteiger partial charge in [0.1, 0.15) is 0 Å². The van der Waals surface area contributed by atoms with Gasteiger partial charge in [0.25, 0.3) is 0 Å². The van der Waals surface area contributed by atoms with E-state index in [0.29, 0.717) is 22.3 Å². The topological polar surface area (TPSA) is 105 Å². The molecule has 0 aromatic heterocycles. The average molecular weight is 908 g/mol. The molecule has 0 bridgehead atoms. The Labute approximate surface area is 355 Å². The van der Waals surface area contributed by atoms with Crippen LogP contribution in [0.3, 0.4) is 0 Å². The summed E-state index contributed by atoms with van der Waals surface area (Å²) in [5, 5.41) is 0. The van der Waals surface area contributed by atoms with Gasteiger partial charge in [-0.05, 0) is 0 Å². The van der Waals surface area contributed by atoms with Crippen LogP contribution in [0.2, 0.25) is 0 Å². The summed E-state index contributed by atoms with van der Waals surface area (Å²) in [6, 6.07) is 0. The van der Waals surface area contributed by atoms with Gasteiger partial charge in [0.05, 0.1) is 0 Å². The Balaban J connectivity index is 9.00. The van der Waals surface area contributed by atoms with Crippen LogP contribution in [0.15, 0.2) is 44.6 Å². The van der Waals surface area contributed by atoms with Crippen LogP contribution in [0.4, 0.5) is 0 Å². The van der Waals surface area contributed by atoms with Gasteiger partial charge in [-0.3, -0.25) is 0 Å². The van der Waals surface area contributed by atoms with Gasteiger partial charge >= 0.3 is 357 Å². The molecule has 328 valence electrons. The first-order chi connectivity index (χ1) is 25.9. The third-order valence-corrected chi connectivity index (χ3v) is 15.3. The third-order valence-electron chi connectivity index (χ3n) is 10.3. The minimum atomic E-state index is -6.63. The zero-order valence-corrected chi connectivity index (χ0v) is 43.5. The first kappa shape index (κ1) is 54.6. The number of hydrogen-bond donors (Lipinski definition) is 0. The molecule has 9 heteroatoms. The van der Waals surface area contributed by atoms with Gasteiger partial charge in [0.2, 0.25) is 0 Å². The van der Waals surface area contributed by atoms with Gasteiger partial charge in [-0.25, -0.2) is 0 Å². The summed E-state index contributed by atoms with van der Waals surface area (Å²) in [5.74, 6) is -4.82. The molecule has 0 radical (unpaired) electrons. The van der Waals surface area contributed by atoms with E-state index >= 15 is 0 Å². The van der Waals surface area contributed by atoms with Crippen molar-refractivity contribution in [1.82, 2.24) is 0 Å². The Kier molecular flexibility index (Phi) is 22.5. The molecule has 8 nitrogen and oxygen atoms in total. The maximum atomic E-state index is 14.9. The molecule has 0 aromatic carbocycles. The molecule has 57 heavy (non-hydrogen) atoms. The van der Waals surface area contributed by atoms with Crippen LogP contribution in [0.5, 0.6) is 0 Å². The van der Waals surface area contributed by atoms with E-state index < -0.39 is 43.9 Å². The van der Waals surface area contributed by atoms with Crippen LogP contribution in [-0.4, -0.2) is 43.9 Å². The summed E-state index contributed by atoms with van der Waals surface area (Å²) in [7, 11) is 0. The van der Waals surface area contributed by atoms with Gasteiger partial charge in [-0.2, -0.15) is 0 Å². The second kappa shape index (κ2) is 23.4. The second-order valence-electron chi connectivity index (χ2n) is 19.4. The maximum absolute atomic E-state index is 14.9.